The fraction of sp³-hybridized carbons (Fsp3) is 0.100. The summed E-state index contributed by atoms with van der Waals surface area (Å²) in [5.74, 6) is 0. The first-order valence-corrected chi connectivity index (χ1v) is 6.49. The van der Waals surface area contributed by atoms with Crippen LogP contribution in [0.25, 0.3) is 10.1 Å². The van der Waals surface area contributed by atoms with Gasteiger partial charge in [-0.1, -0.05) is 0 Å². The molecule has 4 heteroatoms. The number of thiol groups is 1. The van der Waals surface area contributed by atoms with Gasteiger partial charge < -0.3 is 0 Å². The highest BCUT2D eigenvalue weighted by Crippen LogP contribution is 2.34. The number of thiophene rings is 1. The van der Waals surface area contributed by atoms with E-state index in [0.717, 1.165) is 26.1 Å². The Kier molecular flexibility index (Phi) is 2.85. The lowest BCUT2D eigenvalue weighted by Crippen LogP contribution is -1.72. The molecule has 0 N–H and O–H groups in total. The molecule has 0 spiro atoms. The van der Waals surface area contributed by atoms with Gasteiger partial charge in [0.05, 0.1) is 4.88 Å². The van der Waals surface area contributed by atoms with Crippen molar-refractivity contribution in [3.05, 3.63) is 23.1 Å². The zero-order valence-electron chi connectivity index (χ0n) is 7.48. The van der Waals surface area contributed by atoms with Gasteiger partial charge in [0.2, 0.25) is 0 Å². The van der Waals surface area contributed by atoms with E-state index in [0.29, 0.717) is 0 Å². The van der Waals surface area contributed by atoms with Crippen LogP contribution in [-0.2, 0) is 0 Å². The van der Waals surface area contributed by atoms with E-state index in [2.05, 4.69) is 12.6 Å². The van der Waals surface area contributed by atoms with E-state index in [9.17, 15) is 4.79 Å². The predicted molar refractivity (Wildman–Crippen MR) is 66.2 cm³/mol. The molecule has 0 unspecified atom stereocenters. The summed E-state index contributed by atoms with van der Waals surface area (Å²) in [6.45, 7) is 0. The Morgan fingerprint density at radius 3 is 2.86 bits per heavy atom. The first-order chi connectivity index (χ1) is 6.74. The fourth-order valence-corrected chi connectivity index (χ4v) is 3.41. The molecule has 1 aromatic carbocycles. The SMILES string of the molecule is CSc1cc(S)cc2sc(C=O)cc12. The summed E-state index contributed by atoms with van der Waals surface area (Å²) in [5.41, 5.74) is 0. The number of rotatable bonds is 2. The van der Waals surface area contributed by atoms with Gasteiger partial charge in [0, 0.05) is 19.9 Å². The Balaban J connectivity index is 2.77. The van der Waals surface area contributed by atoms with Crippen LogP contribution < -0.4 is 0 Å². The third kappa shape index (κ3) is 1.69. The van der Waals surface area contributed by atoms with Crippen LogP contribution in [0.3, 0.4) is 0 Å². The van der Waals surface area contributed by atoms with Gasteiger partial charge in [-0.15, -0.1) is 35.7 Å². The normalized spacial score (nSPS) is 10.7. The first-order valence-electron chi connectivity index (χ1n) is 4.00. The lowest BCUT2D eigenvalue weighted by atomic mass is 10.2. The molecule has 2 rings (SSSR count). The number of hydrogen-bond donors (Lipinski definition) is 1. The highest BCUT2D eigenvalue weighted by atomic mass is 32.2. The molecule has 1 nitrogen and oxygen atoms in total. The van der Waals surface area contributed by atoms with Crippen LogP contribution >= 0.6 is 35.7 Å². The van der Waals surface area contributed by atoms with Gasteiger partial charge in [-0.05, 0) is 24.5 Å². The maximum atomic E-state index is 10.6. The first kappa shape index (κ1) is 10.1. The zero-order chi connectivity index (χ0) is 10.1. The number of carbonyl (C=O) groups excluding carboxylic acids is 1. The molecular formula is C10H8OS3. The van der Waals surface area contributed by atoms with Crippen molar-refractivity contribution >= 4 is 52.1 Å². The summed E-state index contributed by atoms with van der Waals surface area (Å²) in [7, 11) is 0. The molecule has 72 valence electrons. The van der Waals surface area contributed by atoms with E-state index >= 15 is 0 Å². The minimum Gasteiger partial charge on any atom is -0.297 e. The van der Waals surface area contributed by atoms with Gasteiger partial charge in [-0.25, -0.2) is 0 Å². The summed E-state index contributed by atoms with van der Waals surface area (Å²) in [6.07, 6.45) is 2.92. The molecule has 0 aliphatic carbocycles. The Morgan fingerprint density at radius 1 is 1.43 bits per heavy atom. The second kappa shape index (κ2) is 3.96. The van der Waals surface area contributed by atoms with Crippen molar-refractivity contribution in [1.82, 2.24) is 0 Å². The fourth-order valence-electron chi connectivity index (χ4n) is 1.34. The molecule has 0 bridgehead atoms. The predicted octanol–water partition coefficient (Wildman–Crippen LogP) is 3.72. The van der Waals surface area contributed by atoms with Crippen molar-refractivity contribution in [1.29, 1.82) is 0 Å². The quantitative estimate of drug-likeness (QED) is 0.489. The average Bonchev–Trinajstić information content (AvgIpc) is 2.59. The molecule has 14 heavy (non-hydrogen) atoms. The number of benzene rings is 1. The van der Waals surface area contributed by atoms with Crippen LogP contribution in [-0.4, -0.2) is 12.5 Å². The van der Waals surface area contributed by atoms with Crippen molar-refractivity contribution in [2.75, 3.05) is 6.26 Å². The topological polar surface area (TPSA) is 17.1 Å². The molecule has 0 radical (unpaired) electrons. The lowest BCUT2D eigenvalue weighted by Gasteiger charge is -1.99. The van der Waals surface area contributed by atoms with E-state index in [1.807, 2.05) is 24.5 Å². The molecule has 0 aliphatic rings. The molecule has 1 aromatic heterocycles. The van der Waals surface area contributed by atoms with Crippen molar-refractivity contribution in [2.24, 2.45) is 0 Å². The summed E-state index contributed by atoms with van der Waals surface area (Å²) in [5, 5.41) is 1.16. The Bertz CT molecular complexity index is 487. The number of hydrogen-bond acceptors (Lipinski definition) is 4. The van der Waals surface area contributed by atoms with Gasteiger partial charge in [0.25, 0.3) is 0 Å². The third-order valence-electron chi connectivity index (χ3n) is 1.94. The monoisotopic (exact) mass is 240 g/mol. The smallest absolute Gasteiger partial charge is 0.160 e. The molecular weight excluding hydrogens is 232 g/mol. The Morgan fingerprint density at radius 2 is 2.21 bits per heavy atom. The van der Waals surface area contributed by atoms with Crippen LogP contribution in [0.5, 0.6) is 0 Å². The Hall–Kier alpha value is -0.450. The van der Waals surface area contributed by atoms with Gasteiger partial charge in [-0.2, -0.15) is 0 Å². The van der Waals surface area contributed by atoms with E-state index in [4.69, 9.17) is 0 Å². The second-order valence-corrected chi connectivity index (χ2v) is 5.31. The molecule has 0 atom stereocenters. The van der Waals surface area contributed by atoms with Crippen LogP contribution in [0.1, 0.15) is 9.67 Å². The highest BCUT2D eigenvalue weighted by molar-refractivity contribution is 7.98. The number of fused-ring (bicyclic) bond motifs is 1. The van der Waals surface area contributed by atoms with Gasteiger partial charge in [0.15, 0.2) is 6.29 Å². The molecule has 0 amide bonds. The van der Waals surface area contributed by atoms with Crippen LogP contribution in [0.15, 0.2) is 28.0 Å². The van der Waals surface area contributed by atoms with Gasteiger partial charge >= 0.3 is 0 Å². The number of carbonyl (C=O) groups is 1. The summed E-state index contributed by atoms with van der Waals surface area (Å²) < 4.78 is 1.13. The summed E-state index contributed by atoms with van der Waals surface area (Å²) in [4.78, 5) is 13.5. The van der Waals surface area contributed by atoms with Crippen LogP contribution in [0.4, 0.5) is 0 Å². The maximum absolute atomic E-state index is 10.6. The van der Waals surface area contributed by atoms with Crippen molar-refractivity contribution in [3.63, 3.8) is 0 Å². The summed E-state index contributed by atoms with van der Waals surface area (Å²) >= 11 is 7.52. The minimum atomic E-state index is 0.772. The van der Waals surface area contributed by atoms with Crippen molar-refractivity contribution < 1.29 is 4.79 Å². The Labute approximate surface area is 95.9 Å². The number of aldehydes is 1. The molecule has 0 fully saturated rings. The summed E-state index contributed by atoms with van der Waals surface area (Å²) in [6, 6.07) is 5.96. The van der Waals surface area contributed by atoms with Crippen molar-refractivity contribution in [2.45, 2.75) is 9.79 Å². The minimum absolute atomic E-state index is 0.772. The molecule has 2 aromatic rings. The molecule has 0 saturated carbocycles. The largest absolute Gasteiger partial charge is 0.297 e. The third-order valence-corrected chi connectivity index (χ3v) is 3.98. The van der Waals surface area contributed by atoms with Crippen LogP contribution in [0, 0.1) is 0 Å². The average molecular weight is 240 g/mol. The van der Waals surface area contributed by atoms with Crippen LogP contribution in [0.2, 0.25) is 0 Å². The van der Waals surface area contributed by atoms with E-state index < -0.39 is 0 Å². The number of thioether (sulfide) groups is 1. The van der Waals surface area contributed by atoms with Crippen molar-refractivity contribution in [3.8, 4) is 0 Å². The van der Waals surface area contributed by atoms with E-state index in [-0.39, 0.29) is 0 Å². The van der Waals surface area contributed by atoms with E-state index in [1.165, 1.54) is 16.2 Å². The molecule has 0 aliphatic heterocycles. The standard InChI is InChI=1S/C10H8OS3/c1-13-9-2-6(12)3-10-8(9)4-7(5-11)14-10/h2-5,12H,1H3. The zero-order valence-corrected chi connectivity index (χ0v) is 10.0. The lowest BCUT2D eigenvalue weighted by molar-refractivity contribution is 0.112. The van der Waals surface area contributed by atoms with E-state index in [1.54, 1.807) is 11.8 Å². The van der Waals surface area contributed by atoms with Gasteiger partial charge in [-0.3, -0.25) is 4.79 Å². The second-order valence-electron chi connectivity index (χ2n) is 2.83. The highest BCUT2D eigenvalue weighted by Gasteiger charge is 2.06. The maximum Gasteiger partial charge on any atom is 0.160 e. The molecule has 1 heterocycles. The molecule has 0 saturated heterocycles. The van der Waals surface area contributed by atoms with Gasteiger partial charge in [0.1, 0.15) is 0 Å².